The number of rotatable bonds is 3. The first kappa shape index (κ1) is 17.5. The Labute approximate surface area is 148 Å². The van der Waals surface area contributed by atoms with Crippen LogP contribution in [-0.4, -0.2) is 32.6 Å². The number of methoxy groups -OCH3 is 1. The summed E-state index contributed by atoms with van der Waals surface area (Å²) < 4.78 is 31.8. The van der Waals surface area contributed by atoms with Crippen LogP contribution in [0.4, 0.5) is 0 Å². The number of hydrogen-bond donors (Lipinski definition) is 1. The first-order valence-electron chi connectivity index (χ1n) is 8.30. The first-order valence-corrected chi connectivity index (χ1v) is 9.74. The summed E-state index contributed by atoms with van der Waals surface area (Å²) in [4.78, 5) is 0.264. The number of hydrogen-bond acceptors (Lipinski definition) is 4. The molecule has 1 N–H and O–H groups in total. The molecule has 132 valence electrons. The number of benzene rings is 2. The highest BCUT2D eigenvalue weighted by atomic mass is 32.2. The van der Waals surface area contributed by atoms with E-state index in [4.69, 9.17) is 4.74 Å². The molecule has 6 heteroatoms. The van der Waals surface area contributed by atoms with Gasteiger partial charge in [0.05, 0.1) is 17.5 Å². The molecular weight excluding hydrogens is 336 g/mol. The van der Waals surface area contributed by atoms with Gasteiger partial charge in [0.15, 0.2) is 0 Å². The van der Waals surface area contributed by atoms with Crippen LogP contribution < -0.4 is 10.1 Å². The standard InChI is InChI=1S/C15H13NO3S.C4H9N/c1-19-15-9-5-8-14-13(15)10-11-16(14)20(17,18)12-6-3-2-4-7-12;1-2-4-5-3-1/h2-11H,1H3;5H,1-4H2. The van der Waals surface area contributed by atoms with Crippen molar-refractivity contribution in [2.75, 3.05) is 20.2 Å². The van der Waals surface area contributed by atoms with E-state index in [1.54, 1.807) is 61.8 Å². The Bertz CT molecular complexity index is 922. The summed E-state index contributed by atoms with van der Waals surface area (Å²) in [5, 5.41) is 3.99. The number of nitrogens with one attached hydrogen (secondary N) is 1. The number of nitrogens with zero attached hydrogens (tertiary/aromatic N) is 1. The highest BCUT2D eigenvalue weighted by Gasteiger charge is 2.19. The van der Waals surface area contributed by atoms with E-state index in [0.717, 1.165) is 5.39 Å². The van der Waals surface area contributed by atoms with E-state index in [1.165, 1.54) is 29.9 Å². The molecule has 2 aromatic carbocycles. The normalized spacial score (nSPS) is 14.1. The molecule has 1 saturated heterocycles. The van der Waals surface area contributed by atoms with Crippen LogP contribution in [0.2, 0.25) is 0 Å². The van der Waals surface area contributed by atoms with Gasteiger partial charge in [-0.15, -0.1) is 0 Å². The van der Waals surface area contributed by atoms with Gasteiger partial charge in [-0.05, 0) is 56.3 Å². The lowest BCUT2D eigenvalue weighted by Gasteiger charge is -2.08. The lowest BCUT2D eigenvalue weighted by molar-refractivity contribution is 0.420. The predicted molar refractivity (Wildman–Crippen MR) is 99.6 cm³/mol. The van der Waals surface area contributed by atoms with Crippen molar-refractivity contribution in [2.24, 2.45) is 0 Å². The summed E-state index contributed by atoms with van der Waals surface area (Å²) in [6.45, 7) is 2.50. The van der Waals surface area contributed by atoms with Gasteiger partial charge in [-0.2, -0.15) is 0 Å². The van der Waals surface area contributed by atoms with Crippen LogP contribution >= 0.6 is 0 Å². The molecule has 5 nitrogen and oxygen atoms in total. The van der Waals surface area contributed by atoms with Crippen molar-refractivity contribution >= 4 is 20.9 Å². The van der Waals surface area contributed by atoms with E-state index in [1.807, 2.05) is 6.07 Å². The summed E-state index contributed by atoms with van der Waals surface area (Å²) in [7, 11) is -2.02. The molecule has 0 bridgehead atoms. The maximum atomic E-state index is 12.6. The Balaban J connectivity index is 0.000000314. The van der Waals surface area contributed by atoms with Crippen LogP contribution in [0.3, 0.4) is 0 Å². The smallest absolute Gasteiger partial charge is 0.268 e. The van der Waals surface area contributed by atoms with Gasteiger partial charge < -0.3 is 10.1 Å². The molecule has 3 aromatic rings. The lowest BCUT2D eigenvalue weighted by atomic mass is 10.2. The third kappa shape index (κ3) is 3.70. The molecule has 1 aliphatic rings. The molecule has 1 aliphatic heterocycles. The van der Waals surface area contributed by atoms with Crippen LogP contribution in [-0.2, 0) is 10.0 Å². The van der Waals surface area contributed by atoms with E-state index >= 15 is 0 Å². The van der Waals surface area contributed by atoms with Crippen molar-refractivity contribution in [3.8, 4) is 5.75 Å². The third-order valence-electron chi connectivity index (χ3n) is 4.13. The lowest BCUT2D eigenvalue weighted by Crippen LogP contribution is -2.11. The highest BCUT2D eigenvalue weighted by molar-refractivity contribution is 7.90. The monoisotopic (exact) mass is 358 g/mol. The van der Waals surface area contributed by atoms with Crippen LogP contribution in [0.5, 0.6) is 5.75 Å². The van der Waals surface area contributed by atoms with Crippen LogP contribution in [0.1, 0.15) is 12.8 Å². The zero-order valence-electron chi connectivity index (χ0n) is 14.2. The van der Waals surface area contributed by atoms with Crippen molar-refractivity contribution in [3.63, 3.8) is 0 Å². The molecule has 0 amide bonds. The van der Waals surface area contributed by atoms with Crippen LogP contribution in [0, 0.1) is 0 Å². The van der Waals surface area contributed by atoms with Crippen molar-refractivity contribution in [1.82, 2.24) is 9.29 Å². The average Bonchev–Trinajstić information content (AvgIpc) is 3.35. The molecule has 0 unspecified atom stereocenters. The van der Waals surface area contributed by atoms with E-state index in [0.29, 0.717) is 11.3 Å². The highest BCUT2D eigenvalue weighted by Crippen LogP contribution is 2.28. The Hall–Kier alpha value is -2.31. The average molecular weight is 358 g/mol. The molecule has 0 aliphatic carbocycles. The van der Waals surface area contributed by atoms with Gasteiger partial charge in [-0.3, -0.25) is 0 Å². The second kappa shape index (κ2) is 7.72. The van der Waals surface area contributed by atoms with Crippen molar-refractivity contribution in [1.29, 1.82) is 0 Å². The van der Waals surface area contributed by atoms with Crippen LogP contribution in [0.15, 0.2) is 65.7 Å². The van der Waals surface area contributed by atoms with Crippen molar-refractivity contribution in [2.45, 2.75) is 17.7 Å². The maximum absolute atomic E-state index is 12.6. The molecule has 1 aromatic heterocycles. The minimum absolute atomic E-state index is 0.264. The van der Waals surface area contributed by atoms with Gasteiger partial charge >= 0.3 is 0 Å². The summed E-state index contributed by atoms with van der Waals surface area (Å²) in [5.74, 6) is 0.657. The van der Waals surface area contributed by atoms with Gasteiger partial charge in [0.2, 0.25) is 0 Å². The SMILES string of the molecule is C1CCNC1.COc1cccc2c1ccn2S(=O)(=O)c1ccccc1. The zero-order valence-corrected chi connectivity index (χ0v) is 15.0. The van der Waals surface area contributed by atoms with Gasteiger partial charge in [0.1, 0.15) is 5.75 Å². The van der Waals surface area contributed by atoms with Gasteiger partial charge in [-0.25, -0.2) is 12.4 Å². The molecule has 0 saturated carbocycles. The minimum atomic E-state index is -3.59. The molecule has 0 atom stereocenters. The topological polar surface area (TPSA) is 60.3 Å². The molecule has 25 heavy (non-hydrogen) atoms. The Morgan fingerprint density at radius 1 is 0.960 bits per heavy atom. The second-order valence-corrected chi connectivity index (χ2v) is 7.59. The summed E-state index contributed by atoms with van der Waals surface area (Å²) in [6.07, 6.45) is 4.33. The fourth-order valence-electron chi connectivity index (χ4n) is 2.83. The summed E-state index contributed by atoms with van der Waals surface area (Å²) >= 11 is 0. The molecule has 0 spiro atoms. The van der Waals surface area contributed by atoms with Gasteiger partial charge in [0.25, 0.3) is 10.0 Å². The zero-order chi connectivity index (χ0) is 17.7. The molecule has 2 heterocycles. The van der Waals surface area contributed by atoms with E-state index in [-0.39, 0.29) is 4.90 Å². The van der Waals surface area contributed by atoms with Gasteiger partial charge in [-0.1, -0.05) is 24.3 Å². The predicted octanol–water partition coefficient (Wildman–Crippen LogP) is 3.26. The molecular formula is C19H22N2O3S. The van der Waals surface area contributed by atoms with E-state index in [9.17, 15) is 8.42 Å². The fourth-order valence-corrected chi connectivity index (χ4v) is 4.20. The van der Waals surface area contributed by atoms with E-state index in [2.05, 4.69) is 5.32 Å². The van der Waals surface area contributed by atoms with E-state index < -0.39 is 10.0 Å². The van der Waals surface area contributed by atoms with Crippen molar-refractivity contribution in [3.05, 3.63) is 60.8 Å². The molecule has 0 radical (unpaired) electrons. The number of fused-ring (bicyclic) bond motifs is 1. The molecule has 4 rings (SSSR count). The van der Waals surface area contributed by atoms with Crippen LogP contribution in [0.25, 0.3) is 10.9 Å². The third-order valence-corrected chi connectivity index (χ3v) is 5.84. The summed E-state index contributed by atoms with van der Waals surface area (Å²) in [5.41, 5.74) is 0.605. The Kier molecular flexibility index (Phi) is 5.40. The quantitative estimate of drug-likeness (QED) is 0.781. The first-order chi connectivity index (χ1) is 12.1. The number of ether oxygens (including phenoxy) is 1. The fraction of sp³-hybridized carbons (Fsp3) is 0.263. The molecule has 1 fully saturated rings. The Morgan fingerprint density at radius 3 is 2.28 bits per heavy atom. The summed E-state index contributed by atoms with van der Waals surface area (Å²) in [6, 6.07) is 15.5. The number of aromatic nitrogens is 1. The minimum Gasteiger partial charge on any atom is -0.496 e. The van der Waals surface area contributed by atoms with Gasteiger partial charge in [0, 0.05) is 11.6 Å². The van der Waals surface area contributed by atoms with Crippen molar-refractivity contribution < 1.29 is 13.2 Å². The largest absolute Gasteiger partial charge is 0.496 e. The Morgan fingerprint density at radius 2 is 1.68 bits per heavy atom. The second-order valence-electron chi connectivity index (χ2n) is 5.78. The maximum Gasteiger partial charge on any atom is 0.268 e.